The number of benzene rings is 1. The van der Waals surface area contributed by atoms with E-state index in [1.807, 2.05) is 0 Å². The van der Waals surface area contributed by atoms with Gasteiger partial charge in [0.1, 0.15) is 5.82 Å². The summed E-state index contributed by atoms with van der Waals surface area (Å²) in [6, 6.07) is 6.44. The molecule has 1 saturated heterocycles. The third kappa shape index (κ3) is 5.29. The minimum Gasteiger partial charge on any atom is -0.390 e. The highest BCUT2D eigenvalue weighted by Crippen LogP contribution is 2.19. The van der Waals surface area contributed by atoms with Crippen LogP contribution in [-0.4, -0.2) is 52.1 Å². The van der Waals surface area contributed by atoms with E-state index < -0.39 is 6.10 Å². The van der Waals surface area contributed by atoms with Crippen LogP contribution in [0.1, 0.15) is 39.2 Å². The van der Waals surface area contributed by atoms with Gasteiger partial charge in [-0.1, -0.05) is 12.1 Å². The first kappa shape index (κ1) is 17.9. The van der Waals surface area contributed by atoms with Crippen LogP contribution in [0.25, 0.3) is 0 Å². The van der Waals surface area contributed by atoms with Crippen molar-refractivity contribution in [1.82, 2.24) is 9.80 Å². The third-order valence-electron chi connectivity index (χ3n) is 4.27. The number of hydrogen-bond donors (Lipinski definition) is 1. The van der Waals surface area contributed by atoms with Crippen LogP contribution in [0.2, 0.25) is 0 Å². The van der Waals surface area contributed by atoms with Gasteiger partial charge in [-0.15, -0.1) is 0 Å². The molecule has 0 spiro atoms. The number of β-amino-alcohol motifs (C(OH)–C–C–N with tert-alkyl or cyclic N) is 1. The van der Waals surface area contributed by atoms with Crippen molar-refractivity contribution in [1.29, 1.82) is 0 Å². The highest BCUT2D eigenvalue weighted by atomic mass is 19.1. The van der Waals surface area contributed by atoms with Gasteiger partial charge in [0, 0.05) is 38.1 Å². The lowest BCUT2D eigenvalue weighted by Gasteiger charge is -2.37. The number of nitrogens with zero attached hydrogens (tertiary/aromatic N) is 2. The van der Waals surface area contributed by atoms with Crippen LogP contribution in [0.4, 0.5) is 4.39 Å². The molecule has 4 nitrogen and oxygen atoms in total. The Balaban J connectivity index is 1.97. The van der Waals surface area contributed by atoms with E-state index in [-0.39, 0.29) is 17.3 Å². The molecule has 1 aliphatic heterocycles. The van der Waals surface area contributed by atoms with E-state index in [1.54, 1.807) is 17.0 Å². The Hall–Kier alpha value is -1.46. The maximum absolute atomic E-state index is 13.0. The number of aliphatic hydroxyl groups excluding tert-OH is 1. The van der Waals surface area contributed by atoms with E-state index in [0.717, 1.165) is 18.5 Å². The molecule has 1 amide bonds. The van der Waals surface area contributed by atoms with Crippen LogP contribution in [0.15, 0.2) is 24.3 Å². The predicted molar refractivity (Wildman–Crippen MR) is 88.4 cm³/mol. The highest BCUT2D eigenvalue weighted by molar-refractivity contribution is 5.78. The molecule has 1 aromatic carbocycles. The normalized spacial score (nSPS) is 17.1. The molecule has 1 fully saturated rings. The molecule has 1 aromatic rings. The fourth-order valence-corrected chi connectivity index (χ4v) is 2.85. The van der Waals surface area contributed by atoms with Gasteiger partial charge in [0.2, 0.25) is 5.91 Å². The van der Waals surface area contributed by atoms with Crippen molar-refractivity contribution >= 4 is 5.91 Å². The molecule has 0 aliphatic carbocycles. The summed E-state index contributed by atoms with van der Waals surface area (Å²) >= 11 is 0. The first-order valence-corrected chi connectivity index (χ1v) is 8.21. The number of rotatable bonds is 6. The van der Waals surface area contributed by atoms with E-state index in [0.29, 0.717) is 26.1 Å². The molecule has 1 aliphatic rings. The SMILES string of the molecule is CC(C)(C)N(Cc1ccc(F)cc1)C[C@@H](O)CN1CCCC1=O. The molecule has 2 rings (SSSR count). The van der Waals surface area contributed by atoms with Gasteiger partial charge in [-0.2, -0.15) is 0 Å². The monoisotopic (exact) mass is 322 g/mol. The third-order valence-corrected chi connectivity index (χ3v) is 4.27. The Morgan fingerprint density at radius 1 is 1.30 bits per heavy atom. The minimum atomic E-state index is -0.586. The zero-order valence-corrected chi connectivity index (χ0v) is 14.3. The van der Waals surface area contributed by atoms with E-state index >= 15 is 0 Å². The van der Waals surface area contributed by atoms with Crippen LogP contribution in [0.3, 0.4) is 0 Å². The van der Waals surface area contributed by atoms with Crippen molar-refractivity contribution in [3.8, 4) is 0 Å². The molecule has 1 atom stereocenters. The molecule has 5 heteroatoms. The van der Waals surface area contributed by atoms with Gasteiger partial charge >= 0.3 is 0 Å². The van der Waals surface area contributed by atoms with E-state index in [1.165, 1.54) is 12.1 Å². The van der Waals surface area contributed by atoms with Crippen molar-refractivity contribution in [3.63, 3.8) is 0 Å². The van der Waals surface area contributed by atoms with E-state index in [2.05, 4.69) is 25.7 Å². The standard InChI is InChI=1S/C18H27FN2O2/c1-18(2,3)21(11-14-6-8-15(19)9-7-14)13-16(22)12-20-10-4-5-17(20)23/h6-9,16,22H,4-5,10-13H2,1-3H3/t16-/m0/s1. The molecule has 0 aromatic heterocycles. The fraction of sp³-hybridized carbons (Fsp3) is 0.611. The Kier molecular flexibility index (Phi) is 5.76. The lowest BCUT2D eigenvalue weighted by molar-refractivity contribution is -0.129. The summed E-state index contributed by atoms with van der Waals surface area (Å²) in [5.41, 5.74) is 0.871. The van der Waals surface area contributed by atoms with Crippen molar-refractivity contribution in [3.05, 3.63) is 35.6 Å². The van der Waals surface area contributed by atoms with Gasteiger partial charge in [-0.3, -0.25) is 9.69 Å². The molecule has 1 heterocycles. The van der Waals surface area contributed by atoms with Crippen LogP contribution in [-0.2, 0) is 11.3 Å². The van der Waals surface area contributed by atoms with E-state index in [4.69, 9.17) is 0 Å². The van der Waals surface area contributed by atoms with Gasteiger partial charge in [0.05, 0.1) is 6.10 Å². The molecular weight excluding hydrogens is 295 g/mol. The Morgan fingerprint density at radius 3 is 2.48 bits per heavy atom. The van der Waals surface area contributed by atoms with Crippen molar-refractivity contribution in [2.75, 3.05) is 19.6 Å². The molecule has 0 bridgehead atoms. The number of carbonyl (C=O) groups excluding carboxylic acids is 1. The summed E-state index contributed by atoms with van der Waals surface area (Å²) in [5.74, 6) is -0.117. The van der Waals surface area contributed by atoms with Gasteiger partial charge in [-0.25, -0.2) is 4.39 Å². The van der Waals surface area contributed by atoms with Crippen molar-refractivity contribution < 1.29 is 14.3 Å². The Bertz CT molecular complexity index is 525. The second-order valence-corrected chi connectivity index (χ2v) is 7.27. The van der Waals surface area contributed by atoms with Gasteiger partial charge in [0.25, 0.3) is 0 Å². The molecule has 0 unspecified atom stereocenters. The zero-order valence-electron chi connectivity index (χ0n) is 14.3. The average Bonchev–Trinajstić information content (AvgIpc) is 2.85. The number of carbonyl (C=O) groups is 1. The lowest BCUT2D eigenvalue weighted by atomic mass is 10.0. The smallest absolute Gasteiger partial charge is 0.222 e. The summed E-state index contributed by atoms with van der Waals surface area (Å²) in [6.45, 7) is 8.50. The summed E-state index contributed by atoms with van der Waals surface area (Å²) in [4.78, 5) is 15.6. The summed E-state index contributed by atoms with van der Waals surface area (Å²) in [5, 5.41) is 10.4. The Morgan fingerprint density at radius 2 is 1.96 bits per heavy atom. The summed E-state index contributed by atoms with van der Waals surface area (Å²) in [6.07, 6.45) is 0.881. The molecule has 1 N–H and O–H groups in total. The Labute approximate surface area is 137 Å². The molecule has 0 radical (unpaired) electrons. The molecule has 128 valence electrons. The predicted octanol–water partition coefficient (Wildman–Crippen LogP) is 2.41. The largest absolute Gasteiger partial charge is 0.390 e. The minimum absolute atomic E-state index is 0.130. The summed E-state index contributed by atoms with van der Waals surface area (Å²) in [7, 11) is 0. The molecular formula is C18H27FN2O2. The van der Waals surface area contributed by atoms with E-state index in [9.17, 15) is 14.3 Å². The lowest BCUT2D eigenvalue weighted by Crippen LogP contribution is -2.47. The van der Waals surface area contributed by atoms with Gasteiger partial charge in [0.15, 0.2) is 0 Å². The quantitative estimate of drug-likeness (QED) is 0.875. The number of aliphatic hydroxyl groups is 1. The zero-order chi connectivity index (χ0) is 17.0. The van der Waals surface area contributed by atoms with Crippen LogP contribution in [0.5, 0.6) is 0 Å². The van der Waals surface area contributed by atoms with Crippen molar-refractivity contribution in [2.45, 2.75) is 51.8 Å². The average molecular weight is 322 g/mol. The molecule has 23 heavy (non-hydrogen) atoms. The van der Waals surface area contributed by atoms with Gasteiger partial charge < -0.3 is 10.0 Å². The first-order chi connectivity index (χ1) is 10.8. The first-order valence-electron chi connectivity index (χ1n) is 8.21. The maximum Gasteiger partial charge on any atom is 0.222 e. The number of amides is 1. The van der Waals surface area contributed by atoms with Crippen LogP contribution in [0, 0.1) is 5.82 Å². The fourth-order valence-electron chi connectivity index (χ4n) is 2.85. The van der Waals surface area contributed by atoms with Crippen LogP contribution < -0.4 is 0 Å². The maximum atomic E-state index is 13.0. The van der Waals surface area contributed by atoms with Gasteiger partial charge in [-0.05, 0) is 44.9 Å². The summed E-state index contributed by atoms with van der Waals surface area (Å²) < 4.78 is 13.0. The highest BCUT2D eigenvalue weighted by Gasteiger charge is 2.27. The second kappa shape index (κ2) is 7.41. The number of likely N-dealkylation sites (tertiary alicyclic amines) is 1. The second-order valence-electron chi connectivity index (χ2n) is 7.27. The topological polar surface area (TPSA) is 43.8 Å². The van der Waals surface area contributed by atoms with Crippen LogP contribution >= 0.6 is 0 Å². The number of halogens is 1. The van der Waals surface area contributed by atoms with Crippen molar-refractivity contribution in [2.24, 2.45) is 0 Å². The number of hydrogen-bond acceptors (Lipinski definition) is 3. The molecule has 0 saturated carbocycles.